The van der Waals surface area contributed by atoms with Crippen LogP contribution < -0.4 is 0 Å². The second-order valence-corrected chi connectivity index (χ2v) is 6.21. The molecule has 0 saturated carbocycles. The molecule has 4 heteroatoms. The molecule has 0 rings (SSSR count). The standard InChI is InChI=1S/C14H28O2P2/c1-12(2)10-15-11-14(4)7-5-6-13(3)8-9-16-18-17/h7-8,12,18H,5-6,9-11,17H2,1-4H3. The maximum Gasteiger partial charge on any atom is 0.0693 e. The molecule has 0 bridgehead atoms. The van der Waals surface area contributed by atoms with Crippen LogP contribution in [0.25, 0.3) is 0 Å². The summed E-state index contributed by atoms with van der Waals surface area (Å²) in [6, 6.07) is 0. The SMILES string of the molecule is CC(=CCOPP)CCC=C(C)COCC(C)C. The third-order valence-corrected chi connectivity index (χ3v) is 3.24. The molecule has 2 atom stereocenters. The molecule has 0 saturated heterocycles. The van der Waals surface area contributed by atoms with Crippen molar-refractivity contribution in [2.24, 2.45) is 5.92 Å². The fourth-order valence-electron chi connectivity index (χ4n) is 1.39. The fraction of sp³-hybridized carbons (Fsp3) is 0.714. The van der Waals surface area contributed by atoms with E-state index in [1.807, 2.05) is 0 Å². The number of rotatable bonds is 10. The highest BCUT2D eigenvalue weighted by Gasteiger charge is 1.95. The molecule has 0 radical (unpaired) electrons. The Morgan fingerprint density at radius 3 is 2.56 bits per heavy atom. The van der Waals surface area contributed by atoms with Gasteiger partial charge in [-0.2, -0.15) is 0 Å². The van der Waals surface area contributed by atoms with Crippen LogP contribution in [0.5, 0.6) is 0 Å². The summed E-state index contributed by atoms with van der Waals surface area (Å²) in [7, 11) is 3.08. The second-order valence-electron chi connectivity index (χ2n) is 4.98. The Bertz CT molecular complexity index is 261. The van der Waals surface area contributed by atoms with Crippen LogP contribution in [-0.2, 0) is 9.26 Å². The summed E-state index contributed by atoms with van der Waals surface area (Å²) in [6.07, 6.45) is 6.62. The van der Waals surface area contributed by atoms with Gasteiger partial charge >= 0.3 is 0 Å². The Morgan fingerprint density at radius 1 is 1.22 bits per heavy atom. The molecule has 0 aliphatic carbocycles. The van der Waals surface area contributed by atoms with E-state index < -0.39 is 0 Å². The monoisotopic (exact) mass is 290 g/mol. The minimum Gasteiger partial charge on any atom is -0.377 e. The minimum atomic E-state index is 0.497. The summed E-state index contributed by atoms with van der Waals surface area (Å²) in [5, 5.41) is 0. The third kappa shape index (κ3) is 12.7. The van der Waals surface area contributed by atoms with Crippen molar-refractivity contribution in [3.05, 3.63) is 23.3 Å². The molecule has 0 spiro atoms. The van der Waals surface area contributed by atoms with E-state index in [-0.39, 0.29) is 0 Å². The summed E-state index contributed by atoms with van der Waals surface area (Å²) < 4.78 is 10.9. The largest absolute Gasteiger partial charge is 0.377 e. The molecule has 0 heterocycles. The summed E-state index contributed by atoms with van der Waals surface area (Å²) >= 11 is 0. The van der Waals surface area contributed by atoms with Gasteiger partial charge in [-0.05, 0) is 32.6 Å². The van der Waals surface area contributed by atoms with Gasteiger partial charge in [-0.15, -0.1) is 0 Å². The first-order valence-electron chi connectivity index (χ1n) is 6.52. The fourth-order valence-corrected chi connectivity index (χ4v) is 1.86. The van der Waals surface area contributed by atoms with Gasteiger partial charge in [-0.1, -0.05) is 46.1 Å². The summed E-state index contributed by atoms with van der Waals surface area (Å²) in [5.74, 6) is 0.611. The minimum absolute atomic E-state index is 0.497. The molecular formula is C14H28O2P2. The van der Waals surface area contributed by atoms with E-state index in [1.54, 1.807) is 0 Å². The molecule has 2 unspecified atom stereocenters. The number of hydrogen-bond acceptors (Lipinski definition) is 2. The van der Waals surface area contributed by atoms with E-state index in [0.717, 1.165) is 32.7 Å². The first-order valence-corrected chi connectivity index (χ1v) is 9.24. The van der Waals surface area contributed by atoms with Crippen molar-refractivity contribution >= 4 is 17.4 Å². The van der Waals surface area contributed by atoms with Crippen LogP contribution in [0.4, 0.5) is 0 Å². The molecule has 0 fully saturated rings. The van der Waals surface area contributed by atoms with Gasteiger partial charge in [-0.25, -0.2) is 0 Å². The molecule has 0 aromatic rings. The molecule has 0 amide bonds. The van der Waals surface area contributed by atoms with Crippen LogP contribution in [-0.4, -0.2) is 19.8 Å². The first-order chi connectivity index (χ1) is 8.56. The van der Waals surface area contributed by atoms with E-state index in [9.17, 15) is 0 Å². The van der Waals surface area contributed by atoms with Crippen molar-refractivity contribution in [2.45, 2.75) is 40.5 Å². The summed E-state index contributed by atoms with van der Waals surface area (Å²) in [6.45, 7) is 11.0. The van der Waals surface area contributed by atoms with Crippen molar-refractivity contribution < 1.29 is 9.26 Å². The highest BCUT2D eigenvalue weighted by molar-refractivity contribution is 8.00. The van der Waals surface area contributed by atoms with E-state index in [1.165, 1.54) is 11.1 Å². The van der Waals surface area contributed by atoms with Gasteiger partial charge in [-0.3, -0.25) is 0 Å². The topological polar surface area (TPSA) is 18.5 Å². The number of allylic oxidation sites excluding steroid dienone is 2. The number of hydrogen-bond donors (Lipinski definition) is 0. The average Bonchev–Trinajstić information content (AvgIpc) is 2.29. The van der Waals surface area contributed by atoms with Crippen LogP contribution >= 0.6 is 17.4 Å². The lowest BCUT2D eigenvalue weighted by Crippen LogP contribution is -2.03. The predicted octanol–water partition coefficient (Wildman–Crippen LogP) is 4.73. The zero-order valence-electron chi connectivity index (χ0n) is 12.2. The molecule has 0 aromatic carbocycles. The van der Waals surface area contributed by atoms with Crippen LogP contribution in [0.3, 0.4) is 0 Å². The zero-order chi connectivity index (χ0) is 13.8. The Hall–Kier alpha value is 0.260. The third-order valence-electron chi connectivity index (χ3n) is 2.41. The second kappa shape index (κ2) is 12.3. The maximum atomic E-state index is 5.59. The molecular weight excluding hydrogens is 262 g/mol. The van der Waals surface area contributed by atoms with Crippen LogP contribution in [0.2, 0.25) is 0 Å². The normalized spacial score (nSPS) is 14.1. The van der Waals surface area contributed by atoms with Gasteiger partial charge in [0.05, 0.1) is 13.2 Å². The molecule has 0 aliphatic heterocycles. The van der Waals surface area contributed by atoms with Gasteiger partial charge in [0, 0.05) is 15.1 Å². The van der Waals surface area contributed by atoms with Gasteiger partial charge < -0.3 is 9.26 Å². The first kappa shape index (κ1) is 18.3. The van der Waals surface area contributed by atoms with Gasteiger partial charge in [0.1, 0.15) is 0 Å². The van der Waals surface area contributed by atoms with Crippen molar-refractivity contribution in [1.29, 1.82) is 0 Å². The maximum absolute atomic E-state index is 5.59. The smallest absolute Gasteiger partial charge is 0.0693 e. The van der Waals surface area contributed by atoms with E-state index >= 15 is 0 Å². The number of ether oxygens (including phenoxy) is 1. The van der Waals surface area contributed by atoms with Gasteiger partial charge in [0.15, 0.2) is 0 Å². The van der Waals surface area contributed by atoms with Crippen LogP contribution in [0.15, 0.2) is 23.3 Å². The van der Waals surface area contributed by atoms with Crippen molar-refractivity contribution in [2.75, 3.05) is 19.8 Å². The van der Waals surface area contributed by atoms with Gasteiger partial charge in [0.2, 0.25) is 0 Å². The molecule has 0 aromatic heterocycles. The van der Waals surface area contributed by atoms with Crippen molar-refractivity contribution in [3.63, 3.8) is 0 Å². The van der Waals surface area contributed by atoms with Gasteiger partial charge in [0.25, 0.3) is 0 Å². The Labute approximate surface area is 117 Å². The lowest BCUT2D eigenvalue weighted by molar-refractivity contribution is 0.129. The van der Waals surface area contributed by atoms with Crippen LogP contribution in [0, 0.1) is 5.92 Å². The lowest BCUT2D eigenvalue weighted by atomic mass is 10.1. The predicted molar refractivity (Wildman–Crippen MR) is 86.4 cm³/mol. The summed E-state index contributed by atoms with van der Waals surface area (Å²) in [5.41, 5.74) is 2.72. The highest BCUT2D eigenvalue weighted by atomic mass is 32.0. The Morgan fingerprint density at radius 2 is 1.94 bits per heavy atom. The van der Waals surface area contributed by atoms with E-state index in [0.29, 0.717) is 14.4 Å². The van der Waals surface area contributed by atoms with Crippen molar-refractivity contribution in [1.82, 2.24) is 0 Å². The molecule has 0 aliphatic rings. The lowest BCUT2D eigenvalue weighted by Gasteiger charge is -2.07. The zero-order valence-corrected chi connectivity index (χ0v) is 14.3. The molecule has 106 valence electrons. The highest BCUT2D eigenvalue weighted by Crippen LogP contribution is 2.21. The Kier molecular flexibility index (Phi) is 12.5. The quantitative estimate of drug-likeness (QED) is 0.329. The Balaban J connectivity index is 3.69. The summed E-state index contributed by atoms with van der Waals surface area (Å²) in [4.78, 5) is 0. The molecule has 2 nitrogen and oxygen atoms in total. The molecule has 0 N–H and O–H groups in total. The molecule has 18 heavy (non-hydrogen) atoms. The van der Waals surface area contributed by atoms with Crippen LogP contribution in [0.1, 0.15) is 40.5 Å². The van der Waals surface area contributed by atoms with Crippen molar-refractivity contribution in [3.8, 4) is 0 Å². The van der Waals surface area contributed by atoms with E-state index in [2.05, 4.69) is 48.8 Å². The average molecular weight is 290 g/mol. The van der Waals surface area contributed by atoms with E-state index in [4.69, 9.17) is 9.26 Å².